The monoisotopic (exact) mass is 276 g/mol. The molecule has 1 fully saturated rings. The van der Waals surface area contributed by atoms with E-state index in [4.69, 9.17) is 4.74 Å². The number of aromatic hydroxyl groups is 1. The molecular weight excluding hydrogens is 252 g/mol. The van der Waals surface area contributed by atoms with Crippen LogP contribution in [0, 0.1) is 0 Å². The van der Waals surface area contributed by atoms with Crippen LogP contribution in [0.4, 0.5) is 0 Å². The molecule has 110 valence electrons. The molecule has 1 saturated heterocycles. The van der Waals surface area contributed by atoms with Gasteiger partial charge in [-0.3, -0.25) is 4.90 Å². The Morgan fingerprint density at radius 2 is 2.15 bits per heavy atom. The smallest absolute Gasteiger partial charge is 0.160 e. The van der Waals surface area contributed by atoms with Gasteiger partial charge in [-0.05, 0) is 31.0 Å². The van der Waals surface area contributed by atoms with Crippen LogP contribution in [0.1, 0.15) is 24.9 Å². The number of benzene rings is 1. The third-order valence-corrected chi connectivity index (χ3v) is 3.72. The number of nitrogens with zero attached hydrogens (tertiary/aromatic N) is 1. The Morgan fingerprint density at radius 1 is 1.45 bits per heavy atom. The molecule has 1 aromatic rings. The Bertz CT molecular complexity index is 468. The third-order valence-electron chi connectivity index (χ3n) is 3.72. The van der Waals surface area contributed by atoms with Gasteiger partial charge in [-0.1, -0.05) is 11.6 Å². The van der Waals surface area contributed by atoms with Gasteiger partial charge in [0.05, 0.1) is 7.11 Å². The molecule has 2 rings (SSSR count). The second-order valence-electron chi connectivity index (χ2n) is 5.39. The van der Waals surface area contributed by atoms with Crippen molar-refractivity contribution in [2.75, 3.05) is 33.3 Å². The zero-order valence-corrected chi connectivity index (χ0v) is 12.4. The largest absolute Gasteiger partial charge is 0.504 e. The quantitative estimate of drug-likeness (QED) is 0.810. The normalized spacial score (nSPS) is 17.7. The van der Waals surface area contributed by atoms with Crippen molar-refractivity contribution in [1.29, 1.82) is 0 Å². The number of phenols is 1. The Morgan fingerprint density at radius 3 is 2.75 bits per heavy atom. The summed E-state index contributed by atoms with van der Waals surface area (Å²) in [7, 11) is 1.58. The molecule has 4 nitrogen and oxygen atoms in total. The first kappa shape index (κ1) is 14.9. The van der Waals surface area contributed by atoms with Crippen molar-refractivity contribution in [3.63, 3.8) is 0 Å². The highest BCUT2D eigenvalue weighted by Crippen LogP contribution is 2.33. The summed E-state index contributed by atoms with van der Waals surface area (Å²) >= 11 is 0. The molecule has 1 heterocycles. The second kappa shape index (κ2) is 6.77. The van der Waals surface area contributed by atoms with E-state index in [2.05, 4.69) is 23.7 Å². The first-order valence-corrected chi connectivity index (χ1v) is 7.08. The van der Waals surface area contributed by atoms with Gasteiger partial charge in [-0.2, -0.15) is 0 Å². The molecule has 0 spiro atoms. The first-order valence-electron chi connectivity index (χ1n) is 7.08. The number of ether oxygens (including phenoxy) is 1. The van der Waals surface area contributed by atoms with Gasteiger partial charge in [-0.15, -0.1) is 6.58 Å². The number of methoxy groups -OCH3 is 1. The zero-order valence-electron chi connectivity index (χ0n) is 12.4. The number of hydrogen-bond donors (Lipinski definition) is 2. The van der Waals surface area contributed by atoms with E-state index >= 15 is 0 Å². The van der Waals surface area contributed by atoms with Crippen LogP contribution in [-0.2, 0) is 0 Å². The number of hydrogen-bond acceptors (Lipinski definition) is 4. The standard InChI is InChI=1S/C16H24N2O2/c1-12(2)10-14(18-8-6-17-7-9-18)13-4-5-15(19)16(11-13)20-3/h4-5,11,14,17,19H,1,6-10H2,2-3H3/t14-/m0/s1. The summed E-state index contributed by atoms with van der Waals surface area (Å²) < 4.78 is 5.22. The lowest BCUT2D eigenvalue weighted by Crippen LogP contribution is -2.45. The SMILES string of the molecule is C=C(C)C[C@@H](c1ccc(O)c(OC)c1)N1CCNCC1. The number of phenolic OH excluding ortho intramolecular Hbond substituents is 1. The van der Waals surface area contributed by atoms with Gasteiger partial charge in [0.1, 0.15) is 0 Å². The summed E-state index contributed by atoms with van der Waals surface area (Å²) in [5, 5.41) is 13.1. The molecule has 2 N–H and O–H groups in total. The van der Waals surface area contributed by atoms with E-state index in [9.17, 15) is 5.11 Å². The summed E-state index contributed by atoms with van der Waals surface area (Å²) in [6.07, 6.45) is 0.925. The van der Waals surface area contributed by atoms with Crippen LogP contribution < -0.4 is 10.1 Å². The molecule has 0 bridgehead atoms. The van der Waals surface area contributed by atoms with Crippen LogP contribution in [0.3, 0.4) is 0 Å². The molecule has 0 aromatic heterocycles. The van der Waals surface area contributed by atoms with Crippen LogP contribution in [0.15, 0.2) is 30.4 Å². The van der Waals surface area contributed by atoms with E-state index in [1.54, 1.807) is 13.2 Å². The molecular formula is C16H24N2O2. The van der Waals surface area contributed by atoms with Gasteiger partial charge in [0.2, 0.25) is 0 Å². The minimum absolute atomic E-state index is 0.186. The maximum atomic E-state index is 9.74. The van der Waals surface area contributed by atoms with Crippen LogP contribution in [-0.4, -0.2) is 43.3 Å². The Labute approximate surface area is 121 Å². The topological polar surface area (TPSA) is 44.7 Å². The fourth-order valence-electron chi connectivity index (χ4n) is 2.68. The predicted octanol–water partition coefficient (Wildman–Crippen LogP) is 2.31. The van der Waals surface area contributed by atoms with Crippen molar-refractivity contribution < 1.29 is 9.84 Å². The van der Waals surface area contributed by atoms with Gasteiger partial charge in [0, 0.05) is 32.2 Å². The summed E-state index contributed by atoms with van der Waals surface area (Å²) in [5.41, 5.74) is 2.34. The molecule has 1 atom stereocenters. The van der Waals surface area contributed by atoms with E-state index in [1.807, 2.05) is 12.1 Å². The lowest BCUT2D eigenvalue weighted by Gasteiger charge is -2.35. The van der Waals surface area contributed by atoms with Crippen LogP contribution in [0.5, 0.6) is 11.5 Å². The maximum Gasteiger partial charge on any atom is 0.160 e. The second-order valence-corrected chi connectivity index (χ2v) is 5.39. The maximum absolute atomic E-state index is 9.74. The van der Waals surface area contributed by atoms with Crippen molar-refractivity contribution in [1.82, 2.24) is 10.2 Å². The highest BCUT2D eigenvalue weighted by molar-refractivity contribution is 5.43. The molecule has 0 unspecified atom stereocenters. The highest BCUT2D eigenvalue weighted by Gasteiger charge is 2.23. The summed E-state index contributed by atoms with van der Waals surface area (Å²) in [4.78, 5) is 2.47. The first-order chi connectivity index (χ1) is 9.61. The molecule has 1 aliphatic rings. The third kappa shape index (κ3) is 3.52. The minimum Gasteiger partial charge on any atom is -0.504 e. The predicted molar refractivity (Wildman–Crippen MR) is 81.3 cm³/mol. The summed E-state index contributed by atoms with van der Waals surface area (Å²) in [6.45, 7) is 10.2. The molecule has 4 heteroatoms. The van der Waals surface area contributed by atoms with Crippen LogP contribution in [0.2, 0.25) is 0 Å². The van der Waals surface area contributed by atoms with Crippen LogP contribution >= 0.6 is 0 Å². The van der Waals surface area contributed by atoms with Crippen molar-refractivity contribution in [3.8, 4) is 11.5 Å². The number of nitrogens with one attached hydrogen (secondary N) is 1. The molecule has 0 radical (unpaired) electrons. The Hall–Kier alpha value is -1.52. The van der Waals surface area contributed by atoms with Crippen molar-refractivity contribution in [2.45, 2.75) is 19.4 Å². The summed E-state index contributed by atoms with van der Waals surface area (Å²) in [6, 6.07) is 5.92. The Balaban J connectivity index is 2.27. The van der Waals surface area contributed by atoms with E-state index in [0.29, 0.717) is 11.8 Å². The zero-order chi connectivity index (χ0) is 14.5. The lowest BCUT2D eigenvalue weighted by molar-refractivity contribution is 0.172. The van der Waals surface area contributed by atoms with Gasteiger partial charge in [0.15, 0.2) is 11.5 Å². The van der Waals surface area contributed by atoms with E-state index in [1.165, 1.54) is 11.1 Å². The van der Waals surface area contributed by atoms with Gasteiger partial charge < -0.3 is 15.2 Å². The van der Waals surface area contributed by atoms with Crippen molar-refractivity contribution >= 4 is 0 Å². The highest BCUT2D eigenvalue weighted by atomic mass is 16.5. The van der Waals surface area contributed by atoms with E-state index in [-0.39, 0.29) is 5.75 Å². The van der Waals surface area contributed by atoms with E-state index in [0.717, 1.165) is 32.6 Å². The van der Waals surface area contributed by atoms with Crippen molar-refractivity contribution in [2.24, 2.45) is 0 Å². The van der Waals surface area contributed by atoms with Gasteiger partial charge in [-0.25, -0.2) is 0 Å². The average molecular weight is 276 g/mol. The average Bonchev–Trinajstić information content (AvgIpc) is 2.46. The molecule has 0 saturated carbocycles. The van der Waals surface area contributed by atoms with Gasteiger partial charge in [0.25, 0.3) is 0 Å². The van der Waals surface area contributed by atoms with E-state index < -0.39 is 0 Å². The minimum atomic E-state index is 0.186. The van der Waals surface area contributed by atoms with Crippen molar-refractivity contribution in [3.05, 3.63) is 35.9 Å². The number of piperazine rings is 1. The molecule has 0 amide bonds. The van der Waals surface area contributed by atoms with Crippen LogP contribution in [0.25, 0.3) is 0 Å². The van der Waals surface area contributed by atoms with Gasteiger partial charge >= 0.3 is 0 Å². The summed E-state index contributed by atoms with van der Waals surface area (Å²) in [5.74, 6) is 0.718. The molecule has 0 aliphatic carbocycles. The fourth-order valence-corrected chi connectivity index (χ4v) is 2.68. The number of rotatable bonds is 5. The lowest BCUT2D eigenvalue weighted by atomic mass is 9.97. The molecule has 1 aromatic carbocycles. The molecule has 20 heavy (non-hydrogen) atoms. The Kier molecular flexibility index (Phi) is 5.04. The molecule has 1 aliphatic heterocycles. The fraction of sp³-hybridized carbons (Fsp3) is 0.500.